The maximum atomic E-state index is 13.6. The van der Waals surface area contributed by atoms with Crippen LogP contribution in [0.5, 0.6) is 0 Å². The van der Waals surface area contributed by atoms with E-state index in [1.807, 2.05) is 0 Å². The summed E-state index contributed by atoms with van der Waals surface area (Å²) in [5.41, 5.74) is -3.55. The summed E-state index contributed by atoms with van der Waals surface area (Å²) >= 11 is 0. The number of carbonyl (C=O) groups excluding carboxylic acids is 1. The van der Waals surface area contributed by atoms with E-state index in [4.69, 9.17) is 0 Å². The molecule has 8 heteroatoms. The van der Waals surface area contributed by atoms with Crippen molar-refractivity contribution in [2.75, 3.05) is 7.11 Å². The normalized spacial score (nSPS) is 15.4. The molecule has 0 saturated heterocycles. The van der Waals surface area contributed by atoms with Crippen LogP contribution in [0.4, 0.5) is 8.78 Å². The first-order valence-corrected chi connectivity index (χ1v) is 5.15. The number of nitro groups is 1. The van der Waals surface area contributed by atoms with Crippen LogP contribution < -0.4 is 0 Å². The molecule has 0 heterocycles. The van der Waals surface area contributed by atoms with Gasteiger partial charge in [0.15, 0.2) is 0 Å². The number of esters is 1. The van der Waals surface area contributed by atoms with Gasteiger partial charge in [-0.15, -0.1) is 0 Å². The van der Waals surface area contributed by atoms with Gasteiger partial charge in [-0.05, 0) is 12.1 Å². The molecule has 0 unspecified atom stereocenters. The molecule has 0 aliphatic heterocycles. The number of methoxy groups -OCH3 is 1. The van der Waals surface area contributed by atoms with Gasteiger partial charge in [-0.25, -0.2) is 13.6 Å². The Kier molecular flexibility index (Phi) is 4.15. The molecule has 1 rings (SSSR count). The lowest BCUT2D eigenvalue weighted by Gasteiger charge is -2.26. The number of nitrogens with zero attached hydrogens (tertiary/aromatic N) is 1. The van der Waals surface area contributed by atoms with Crippen LogP contribution in [0.25, 0.3) is 0 Å². The van der Waals surface area contributed by atoms with E-state index in [0.29, 0.717) is 6.07 Å². The SMILES string of the molecule is COC(=O)[C@](O)(c1ccc(F)cc1F)[C@@H](C)[N+](=O)[O-]. The van der Waals surface area contributed by atoms with E-state index < -0.39 is 39.7 Å². The summed E-state index contributed by atoms with van der Waals surface area (Å²) in [5, 5.41) is 20.9. The van der Waals surface area contributed by atoms with Crippen LogP contribution in [-0.2, 0) is 15.1 Å². The Morgan fingerprint density at radius 1 is 1.53 bits per heavy atom. The van der Waals surface area contributed by atoms with Crippen LogP contribution in [0.15, 0.2) is 18.2 Å². The lowest BCUT2D eigenvalue weighted by atomic mass is 9.87. The van der Waals surface area contributed by atoms with E-state index in [-0.39, 0.29) is 0 Å². The van der Waals surface area contributed by atoms with Gasteiger partial charge >= 0.3 is 5.97 Å². The Labute approximate surface area is 106 Å². The maximum absolute atomic E-state index is 13.6. The molecule has 1 N–H and O–H groups in total. The average Bonchev–Trinajstić information content (AvgIpc) is 2.35. The number of hydrogen-bond acceptors (Lipinski definition) is 5. The summed E-state index contributed by atoms with van der Waals surface area (Å²) in [4.78, 5) is 21.4. The van der Waals surface area contributed by atoms with Gasteiger partial charge in [0.1, 0.15) is 11.6 Å². The second-order valence-electron chi connectivity index (χ2n) is 3.84. The van der Waals surface area contributed by atoms with E-state index in [1.54, 1.807) is 0 Å². The van der Waals surface area contributed by atoms with Crippen molar-refractivity contribution < 1.29 is 28.3 Å². The third kappa shape index (κ3) is 2.53. The number of benzene rings is 1. The maximum Gasteiger partial charge on any atom is 0.350 e. The van der Waals surface area contributed by atoms with Crippen molar-refractivity contribution in [2.45, 2.75) is 18.6 Å². The number of aliphatic hydroxyl groups is 1. The highest BCUT2D eigenvalue weighted by molar-refractivity contribution is 5.81. The summed E-state index contributed by atoms with van der Waals surface area (Å²) in [6.07, 6.45) is 0. The highest BCUT2D eigenvalue weighted by atomic mass is 19.1. The van der Waals surface area contributed by atoms with Crippen molar-refractivity contribution in [3.8, 4) is 0 Å². The molecular weight excluding hydrogens is 264 g/mol. The van der Waals surface area contributed by atoms with Gasteiger partial charge in [0, 0.05) is 23.5 Å². The first kappa shape index (κ1) is 15.0. The zero-order valence-corrected chi connectivity index (χ0v) is 10.1. The van der Waals surface area contributed by atoms with Crippen LogP contribution >= 0.6 is 0 Å². The fourth-order valence-corrected chi connectivity index (χ4v) is 1.61. The summed E-state index contributed by atoms with van der Waals surface area (Å²) in [6.45, 7) is 0.916. The zero-order chi connectivity index (χ0) is 14.8. The first-order chi connectivity index (χ1) is 8.75. The first-order valence-electron chi connectivity index (χ1n) is 5.15. The molecular formula is C11H11F2NO5. The molecule has 19 heavy (non-hydrogen) atoms. The molecule has 2 atom stereocenters. The lowest BCUT2D eigenvalue weighted by molar-refractivity contribution is -0.539. The second kappa shape index (κ2) is 5.27. The topological polar surface area (TPSA) is 89.7 Å². The molecule has 0 spiro atoms. The molecule has 0 fully saturated rings. The van der Waals surface area contributed by atoms with E-state index >= 15 is 0 Å². The van der Waals surface area contributed by atoms with E-state index in [2.05, 4.69) is 4.74 Å². The Morgan fingerprint density at radius 3 is 2.53 bits per heavy atom. The Hall–Kier alpha value is -2.09. The monoisotopic (exact) mass is 275 g/mol. The third-order valence-electron chi connectivity index (χ3n) is 2.76. The van der Waals surface area contributed by atoms with Crippen LogP contribution in [-0.4, -0.2) is 29.2 Å². The fraction of sp³-hybridized carbons (Fsp3) is 0.364. The average molecular weight is 275 g/mol. The van der Waals surface area contributed by atoms with Crippen LogP contribution in [0.1, 0.15) is 12.5 Å². The molecule has 1 aromatic carbocycles. The third-order valence-corrected chi connectivity index (χ3v) is 2.76. The number of hydrogen-bond donors (Lipinski definition) is 1. The van der Waals surface area contributed by atoms with E-state index in [1.165, 1.54) is 0 Å². The highest BCUT2D eigenvalue weighted by Crippen LogP contribution is 2.30. The zero-order valence-electron chi connectivity index (χ0n) is 10.1. The van der Waals surface area contributed by atoms with Crippen molar-refractivity contribution in [1.29, 1.82) is 0 Å². The van der Waals surface area contributed by atoms with Gasteiger partial charge in [0.25, 0.3) is 11.6 Å². The molecule has 0 aliphatic rings. The summed E-state index contributed by atoms with van der Waals surface area (Å²) in [5.74, 6) is -3.62. The Bertz CT molecular complexity index is 522. The minimum Gasteiger partial charge on any atom is -0.466 e. The van der Waals surface area contributed by atoms with Crippen molar-refractivity contribution in [3.05, 3.63) is 45.5 Å². The van der Waals surface area contributed by atoms with Gasteiger partial charge < -0.3 is 9.84 Å². The molecule has 6 nitrogen and oxygen atoms in total. The predicted octanol–water partition coefficient (Wildman–Crippen LogP) is 0.991. The van der Waals surface area contributed by atoms with Crippen molar-refractivity contribution in [2.24, 2.45) is 0 Å². The second-order valence-corrected chi connectivity index (χ2v) is 3.84. The van der Waals surface area contributed by atoms with Crippen molar-refractivity contribution in [1.82, 2.24) is 0 Å². The molecule has 0 saturated carbocycles. The van der Waals surface area contributed by atoms with Gasteiger partial charge in [-0.1, -0.05) is 0 Å². The summed E-state index contributed by atoms with van der Waals surface area (Å²) in [7, 11) is 0.890. The molecule has 0 radical (unpaired) electrons. The van der Waals surface area contributed by atoms with Crippen LogP contribution in [0, 0.1) is 21.7 Å². The quantitative estimate of drug-likeness (QED) is 0.503. The van der Waals surface area contributed by atoms with Gasteiger partial charge in [-0.3, -0.25) is 10.1 Å². The van der Waals surface area contributed by atoms with Crippen LogP contribution in [0.2, 0.25) is 0 Å². The van der Waals surface area contributed by atoms with Gasteiger partial charge in [-0.2, -0.15) is 0 Å². The van der Waals surface area contributed by atoms with E-state index in [0.717, 1.165) is 26.2 Å². The molecule has 0 aromatic heterocycles. The summed E-state index contributed by atoms with van der Waals surface area (Å²) in [6, 6.07) is 0.0798. The molecule has 1 aromatic rings. The molecule has 104 valence electrons. The number of carbonyl (C=O) groups is 1. The smallest absolute Gasteiger partial charge is 0.350 e. The minimum absolute atomic E-state index is 0.413. The Balaban J connectivity index is 3.47. The van der Waals surface area contributed by atoms with Crippen molar-refractivity contribution in [3.63, 3.8) is 0 Å². The molecule has 0 bridgehead atoms. The van der Waals surface area contributed by atoms with Crippen LogP contribution in [0.3, 0.4) is 0 Å². The van der Waals surface area contributed by atoms with Gasteiger partial charge in [0.05, 0.1) is 7.11 Å². The standard InChI is InChI=1S/C11H11F2NO5/c1-6(14(17)18)11(16,10(15)19-2)8-4-3-7(12)5-9(8)13/h3-6,16H,1-2H3/t6-,11-/m1/s1. The summed E-state index contributed by atoms with van der Waals surface area (Å²) < 4.78 is 30.7. The minimum atomic E-state index is -2.84. The van der Waals surface area contributed by atoms with Crippen molar-refractivity contribution >= 4 is 5.97 Å². The molecule has 0 amide bonds. The highest BCUT2D eigenvalue weighted by Gasteiger charge is 2.53. The van der Waals surface area contributed by atoms with E-state index in [9.17, 15) is 28.8 Å². The fourth-order valence-electron chi connectivity index (χ4n) is 1.61. The number of rotatable bonds is 4. The number of halogens is 2. The number of ether oxygens (including phenoxy) is 1. The lowest BCUT2D eigenvalue weighted by Crippen LogP contribution is -2.50. The largest absolute Gasteiger partial charge is 0.466 e. The predicted molar refractivity (Wildman–Crippen MR) is 58.7 cm³/mol. The Morgan fingerprint density at radius 2 is 2.11 bits per heavy atom. The molecule has 0 aliphatic carbocycles. The van der Waals surface area contributed by atoms with Gasteiger partial charge in [0.2, 0.25) is 0 Å².